The molecule has 0 aliphatic heterocycles. The normalized spacial score (nSPS) is 12.7. The van der Waals surface area contributed by atoms with Gasteiger partial charge in [0.2, 0.25) is 5.16 Å². The van der Waals surface area contributed by atoms with E-state index in [4.69, 9.17) is 0 Å². The van der Waals surface area contributed by atoms with Crippen LogP contribution in [0.4, 0.5) is 0 Å². The summed E-state index contributed by atoms with van der Waals surface area (Å²) in [4.78, 5) is 5.07. The molecule has 0 saturated carbocycles. The number of aliphatic hydroxyl groups excluding tert-OH is 1. The number of hydrogen-bond acceptors (Lipinski definition) is 6. The van der Waals surface area contributed by atoms with Crippen molar-refractivity contribution >= 4 is 11.8 Å². The number of tetrazole rings is 1. The van der Waals surface area contributed by atoms with Crippen LogP contribution in [0.1, 0.15) is 18.7 Å². The quantitative estimate of drug-likeness (QED) is 0.851. The van der Waals surface area contributed by atoms with Gasteiger partial charge in [0.15, 0.2) is 0 Å². The molecule has 1 unspecified atom stereocenters. The Balaban J connectivity index is 2.14. The van der Waals surface area contributed by atoms with E-state index in [0.29, 0.717) is 10.9 Å². The molecule has 2 aromatic rings. The lowest BCUT2D eigenvalue weighted by atomic mass is 10.2. The molecule has 0 radical (unpaired) electrons. The van der Waals surface area contributed by atoms with Gasteiger partial charge in [-0.1, -0.05) is 0 Å². The van der Waals surface area contributed by atoms with Gasteiger partial charge in [0.25, 0.3) is 0 Å². The van der Waals surface area contributed by atoms with Gasteiger partial charge in [0.1, 0.15) is 0 Å². The van der Waals surface area contributed by atoms with E-state index in [1.54, 1.807) is 30.9 Å². The fourth-order valence-electron chi connectivity index (χ4n) is 1.11. The zero-order valence-corrected chi connectivity index (χ0v) is 9.72. The highest BCUT2D eigenvalue weighted by Crippen LogP contribution is 2.24. The van der Waals surface area contributed by atoms with Crippen LogP contribution in [0.2, 0.25) is 0 Å². The summed E-state index contributed by atoms with van der Waals surface area (Å²) in [5.74, 6) is 0. The average molecular weight is 237 g/mol. The van der Waals surface area contributed by atoms with Crippen LogP contribution < -0.4 is 0 Å². The summed E-state index contributed by atoms with van der Waals surface area (Å²) in [6, 6.07) is 3.67. The maximum Gasteiger partial charge on any atom is 0.213 e. The second kappa shape index (κ2) is 4.58. The number of hydrogen-bond donors (Lipinski definition) is 1. The van der Waals surface area contributed by atoms with Crippen LogP contribution in [0, 0.1) is 0 Å². The number of pyridine rings is 1. The molecular formula is C9H11N5OS. The molecule has 0 saturated heterocycles. The van der Waals surface area contributed by atoms with Crippen LogP contribution in [0.3, 0.4) is 0 Å². The van der Waals surface area contributed by atoms with E-state index in [2.05, 4.69) is 20.5 Å². The Kier molecular flexibility index (Phi) is 3.16. The fraction of sp³-hybridized carbons (Fsp3) is 0.333. The molecule has 0 amide bonds. The van der Waals surface area contributed by atoms with Gasteiger partial charge in [-0.2, -0.15) is 0 Å². The van der Waals surface area contributed by atoms with Crippen molar-refractivity contribution in [2.24, 2.45) is 7.05 Å². The van der Waals surface area contributed by atoms with Gasteiger partial charge in [0, 0.05) is 18.1 Å². The summed E-state index contributed by atoms with van der Waals surface area (Å²) in [6.45, 7) is 1.68. The first-order valence-corrected chi connectivity index (χ1v) is 5.52. The maximum absolute atomic E-state index is 9.31. The van der Waals surface area contributed by atoms with E-state index in [-0.39, 0.29) is 0 Å². The number of rotatable bonds is 3. The topological polar surface area (TPSA) is 76.7 Å². The molecular weight excluding hydrogens is 226 g/mol. The van der Waals surface area contributed by atoms with Crippen molar-refractivity contribution in [1.29, 1.82) is 0 Å². The van der Waals surface area contributed by atoms with Crippen molar-refractivity contribution in [1.82, 2.24) is 25.2 Å². The Morgan fingerprint density at radius 1 is 1.44 bits per heavy atom. The minimum atomic E-state index is -0.546. The third-order valence-electron chi connectivity index (χ3n) is 1.98. The summed E-state index contributed by atoms with van der Waals surface area (Å²) in [5.41, 5.74) is 0.653. The molecule has 16 heavy (non-hydrogen) atoms. The molecule has 0 aromatic carbocycles. The highest BCUT2D eigenvalue weighted by molar-refractivity contribution is 7.99. The van der Waals surface area contributed by atoms with E-state index >= 15 is 0 Å². The third kappa shape index (κ3) is 2.37. The zero-order chi connectivity index (χ0) is 11.5. The van der Waals surface area contributed by atoms with E-state index in [1.165, 1.54) is 11.8 Å². The van der Waals surface area contributed by atoms with Crippen molar-refractivity contribution < 1.29 is 5.11 Å². The lowest BCUT2D eigenvalue weighted by molar-refractivity contribution is 0.194. The molecule has 2 aromatic heterocycles. The van der Waals surface area contributed by atoms with Crippen molar-refractivity contribution in [3.05, 3.63) is 24.0 Å². The lowest BCUT2D eigenvalue weighted by Gasteiger charge is -2.04. The van der Waals surface area contributed by atoms with Gasteiger partial charge in [0.05, 0.1) is 11.8 Å². The Morgan fingerprint density at radius 3 is 2.75 bits per heavy atom. The number of aliphatic hydroxyl groups is 1. The Bertz CT molecular complexity index is 467. The van der Waals surface area contributed by atoms with Gasteiger partial charge >= 0.3 is 0 Å². The van der Waals surface area contributed by atoms with Crippen molar-refractivity contribution in [2.45, 2.75) is 23.1 Å². The molecule has 0 aliphatic carbocycles. The predicted molar refractivity (Wildman–Crippen MR) is 57.8 cm³/mol. The lowest BCUT2D eigenvalue weighted by Crippen LogP contribution is -1.95. The molecule has 2 rings (SSSR count). The summed E-state index contributed by atoms with van der Waals surface area (Å²) >= 11 is 1.42. The van der Waals surface area contributed by atoms with Crippen LogP contribution in [-0.4, -0.2) is 30.3 Å². The monoisotopic (exact) mass is 237 g/mol. The summed E-state index contributed by atoms with van der Waals surface area (Å²) < 4.78 is 1.59. The van der Waals surface area contributed by atoms with Crippen molar-refractivity contribution in [2.75, 3.05) is 0 Å². The van der Waals surface area contributed by atoms with E-state index in [1.807, 2.05) is 6.07 Å². The molecule has 7 heteroatoms. The fourth-order valence-corrected chi connectivity index (χ4v) is 1.81. The van der Waals surface area contributed by atoms with Crippen LogP contribution >= 0.6 is 11.8 Å². The van der Waals surface area contributed by atoms with Crippen LogP contribution in [0.15, 0.2) is 28.4 Å². The highest BCUT2D eigenvalue weighted by Gasteiger charge is 2.06. The molecule has 0 aliphatic rings. The molecule has 84 valence electrons. The smallest absolute Gasteiger partial charge is 0.213 e. The first-order valence-electron chi connectivity index (χ1n) is 4.71. The van der Waals surface area contributed by atoms with Crippen LogP contribution in [-0.2, 0) is 7.05 Å². The predicted octanol–water partition coefficient (Wildman–Crippen LogP) is 0.810. The van der Waals surface area contributed by atoms with Crippen molar-refractivity contribution in [3.8, 4) is 0 Å². The SMILES string of the molecule is CC(O)c1ccc(Sc2nnnn2C)cn1. The first kappa shape index (κ1) is 11.0. The summed E-state index contributed by atoms with van der Waals surface area (Å²) in [7, 11) is 1.78. The van der Waals surface area contributed by atoms with Gasteiger partial charge < -0.3 is 5.11 Å². The molecule has 0 bridgehead atoms. The van der Waals surface area contributed by atoms with Crippen molar-refractivity contribution in [3.63, 3.8) is 0 Å². The second-order valence-corrected chi connectivity index (χ2v) is 4.32. The molecule has 2 heterocycles. The van der Waals surface area contributed by atoms with E-state index in [9.17, 15) is 5.11 Å². The molecule has 6 nitrogen and oxygen atoms in total. The Morgan fingerprint density at radius 2 is 2.25 bits per heavy atom. The number of aromatic nitrogens is 5. The minimum Gasteiger partial charge on any atom is -0.387 e. The Labute approximate surface area is 96.7 Å². The number of aryl methyl sites for hydroxylation is 1. The highest BCUT2D eigenvalue weighted by atomic mass is 32.2. The maximum atomic E-state index is 9.31. The van der Waals surface area contributed by atoms with E-state index in [0.717, 1.165) is 4.90 Å². The Hall–Kier alpha value is -1.47. The molecule has 1 N–H and O–H groups in total. The molecule has 0 spiro atoms. The van der Waals surface area contributed by atoms with E-state index < -0.39 is 6.10 Å². The van der Waals surface area contributed by atoms with Gasteiger partial charge in [-0.3, -0.25) is 4.98 Å². The first-order chi connectivity index (χ1) is 7.66. The van der Waals surface area contributed by atoms with Crippen LogP contribution in [0.5, 0.6) is 0 Å². The minimum absolute atomic E-state index is 0.546. The number of nitrogens with zero attached hydrogens (tertiary/aromatic N) is 5. The second-order valence-electron chi connectivity index (χ2n) is 3.28. The van der Waals surface area contributed by atoms with Gasteiger partial charge in [-0.05, 0) is 41.2 Å². The largest absolute Gasteiger partial charge is 0.387 e. The molecule has 1 atom stereocenters. The average Bonchev–Trinajstić information content (AvgIpc) is 2.65. The van der Waals surface area contributed by atoms with Crippen LogP contribution in [0.25, 0.3) is 0 Å². The third-order valence-corrected chi connectivity index (χ3v) is 2.98. The summed E-state index contributed by atoms with van der Waals surface area (Å²) in [6.07, 6.45) is 1.15. The standard InChI is InChI=1S/C9H11N5OS/c1-6(15)8-4-3-7(5-10-8)16-9-11-12-13-14(9)2/h3-6,15H,1-2H3. The summed E-state index contributed by atoms with van der Waals surface area (Å²) in [5, 5.41) is 21.1. The van der Waals surface area contributed by atoms with Gasteiger partial charge in [-0.25, -0.2) is 4.68 Å². The molecule has 0 fully saturated rings. The van der Waals surface area contributed by atoms with Gasteiger partial charge in [-0.15, -0.1) is 5.10 Å². The zero-order valence-electron chi connectivity index (χ0n) is 8.90.